The van der Waals surface area contributed by atoms with Gasteiger partial charge in [-0.1, -0.05) is 42.3 Å². The summed E-state index contributed by atoms with van der Waals surface area (Å²) < 4.78 is 0.800. The van der Waals surface area contributed by atoms with Crippen molar-refractivity contribution in [3.8, 4) is 0 Å². The zero-order valence-electron chi connectivity index (χ0n) is 18.0. The Morgan fingerprint density at radius 1 is 1.23 bits per heavy atom. The summed E-state index contributed by atoms with van der Waals surface area (Å²) in [6.45, 7) is 0. The molecule has 0 aliphatic heterocycles. The largest absolute Gasteiger partial charge is 0.392 e. The number of aldehydes is 1. The van der Waals surface area contributed by atoms with Crippen molar-refractivity contribution in [2.75, 3.05) is 0 Å². The Bertz CT molecular complexity index is 756. The van der Waals surface area contributed by atoms with Gasteiger partial charge in [-0.05, 0) is 69.4 Å². The number of carbonyl (C=O) groups excluding carboxylic acids is 1. The molecule has 0 radical (unpaired) electrons. The number of aliphatic hydroxyl groups is 2. The van der Waals surface area contributed by atoms with E-state index in [0.29, 0.717) is 19.3 Å². The highest BCUT2D eigenvalue weighted by Gasteiger charge is 2.43. The van der Waals surface area contributed by atoms with Crippen molar-refractivity contribution in [3.05, 3.63) is 45.7 Å². The molecule has 0 bridgehead atoms. The first-order valence-electron chi connectivity index (χ1n) is 11.4. The van der Waals surface area contributed by atoms with E-state index in [2.05, 4.69) is 30.4 Å². The van der Waals surface area contributed by atoms with Gasteiger partial charge in [-0.25, -0.2) is 0 Å². The maximum Gasteiger partial charge on any atom is 0.120 e. The molecule has 3 nitrogen and oxygen atoms in total. The molecule has 5 atom stereocenters. The predicted molar refractivity (Wildman–Crippen MR) is 130 cm³/mol. The molecule has 1 unspecified atom stereocenters. The van der Waals surface area contributed by atoms with Crippen LogP contribution in [0.25, 0.3) is 0 Å². The first kappa shape index (κ1) is 25.0. The summed E-state index contributed by atoms with van der Waals surface area (Å²) in [5, 5.41) is 21.4. The zero-order chi connectivity index (χ0) is 22.3. The minimum absolute atomic E-state index is 0.0165. The number of halogens is 2. The standard InChI is InChI=1S/C25H34Cl2O3S/c26-21-16-22(29)20(19(21)8-4-2-1-3-5-15-28)9-6-10-23(30)25(13-7-14-25)17-18-11-12-24(27)31-18/h2,4,6,9,11-12,15,19-23,29-30H,1,3,5,7-8,10,13-14,16-17H2/b4-2-,9-6+/t19-,20-,21-,22-,23?/m1/s1. The molecule has 1 aromatic rings. The number of carbonyl (C=O) groups is 1. The Hall–Kier alpha value is -0.650. The summed E-state index contributed by atoms with van der Waals surface area (Å²) >= 11 is 14.2. The van der Waals surface area contributed by atoms with Crippen LogP contribution in [0.15, 0.2) is 36.4 Å². The molecule has 3 rings (SSSR count). The van der Waals surface area contributed by atoms with Gasteiger partial charge in [-0.15, -0.1) is 22.9 Å². The summed E-state index contributed by atoms with van der Waals surface area (Å²) in [5.41, 5.74) is -0.0501. The van der Waals surface area contributed by atoms with Crippen LogP contribution in [-0.2, 0) is 11.2 Å². The molecular formula is C25H34Cl2O3S. The Kier molecular flexibility index (Phi) is 9.66. The van der Waals surface area contributed by atoms with Gasteiger partial charge in [0.25, 0.3) is 0 Å². The fraction of sp³-hybridized carbons (Fsp3) is 0.640. The molecule has 0 amide bonds. The lowest BCUT2D eigenvalue weighted by atomic mass is 9.62. The number of aliphatic hydroxyl groups excluding tert-OH is 2. The lowest BCUT2D eigenvalue weighted by molar-refractivity contribution is -0.107. The van der Waals surface area contributed by atoms with Gasteiger partial charge in [0.1, 0.15) is 6.29 Å². The Morgan fingerprint density at radius 3 is 2.68 bits per heavy atom. The minimum Gasteiger partial charge on any atom is -0.392 e. The van der Waals surface area contributed by atoms with Crippen molar-refractivity contribution in [2.45, 2.75) is 81.8 Å². The van der Waals surface area contributed by atoms with Gasteiger partial charge in [0.15, 0.2) is 0 Å². The molecule has 1 aromatic heterocycles. The molecular weight excluding hydrogens is 451 g/mol. The predicted octanol–water partition coefficient (Wildman–Crippen LogP) is 6.34. The monoisotopic (exact) mass is 484 g/mol. The molecule has 2 aliphatic carbocycles. The van der Waals surface area contributed by atoms with E-state index in [-0.39, 0.29) is 28.7 Å². The third kappa shape index (κ3) is 6.68. The number of alkyl halides is 1. The number of unbranched alkanes of at least 4 members (excludes halogenated alkanes) is 2. The van der Waals surface area contributed by atoms with E-state index in [1.165, 1.54) is 4.88 Å². The number of hydrogen-bond acceptors (Lipinski definition) is 4. The fourth-order valence-electron chi connectivity index (χ4n) is 5.02. The van der Waals surface area contributed by atoms with E-state index < -0.39 is 6.10 Å². The summed E-state index contributed by atoms with van der Waals surface area (Å²) in [6.07, 6.45) is 17.0. The third-order valence-corrected chi connectivity index (χ3v) is 8.80. The normalized spacial score (nSPS) is 28.9. The van der Waals surface area contributed by atoms with E-state index in [4.69, 9.17) is 23.2 Å². The number of rotatable bonds is 12. The van der Waals surface area contributed by atoms with Gasteiger partial charge in [-0.3, -0.25) is 0 Å². The van der Waals surface area contributed by atoms with Gasteiger partial charge in [0, 0.05) is 28.0 Å². The summed E-state index contributed by atoms with van der Waals surface area (Å²) in [5.74, 6) is 0.209. The van der Waals surface area contributed by atoms with Crippen molar-refractivity contribution in [1.82, 2.24) is 0 Å². The van der Waals surface area contributed by atoms with Crippen LogP contribution in [0.5, 0.6) is 0 Å². The molecule has 6 heteroatoms. The molecule has 0 spiro atoms. The van der Waals surface area contributed by atoms with Gasteiger partial charge >= 0.3 is 0 Å². The second kappa shape index (κ2) is 12.0. The molecule has 2 saturated carbocycles. The van der Waals surface area contributed by atoms with Crippen molar-refractivity contribution in [3.63, 3.8) is 0 Å². The first-order valence-corrected chi connectivity index (χ1v) is 13.1. The number of allylic oxidation sites excluding steroid dienone is 2. The van der Waals surface area contributed by atoms with Gasteiger partial charge in [0.05, 0.1) is 16.5 Å². The van der Waals surface area contributed by atoms with Crippen molar-refractivity contribution in [1.29, 1.82) is 0 Å². The molecule has 0 saturated heterocycles. The highest BCUT2D eigenvalue weighted by Crippen LogP contribution is 2.49. The van der Waals surface area contributed by atoms with E-state index in [9.17, 15) is 15.0 Å². The number of hydrogen-bond donors (Lipinski definition) is 2. The second-order valence-corrected chi connectivity index (χ2v) is 11.5. The SMILES string of the molecule is O=CCCC/C=C\C[C@@H]1[C@@H](/C=C/CC(O)C2(Cc3ccc(Cl)s3)CCC2)[C@H](O)C[C@H]1Cl. The first-order chi connectivity index (χ1) is 14.9. The summed E-state index contributed by atoms with van der Waals surface area (Å²) in [4.78, 5) is 11.6. The minimum atomic E-state index is -0.435. The van der Waals surface area contributed by atoms with E-state index >= 15 is 0 Å². The lowest BCUT2D eigenvalue weighted by Gasteiger charge is -2.45. The van der Waals surface area contributed by atoms with E-state index in [1.807, 2.05) is 6.07 Å². The average molecular weight is 486 g/mol. The van der Waals surface area contributed by atoms with Crippen LogP contribution in [0, 0.1) is 17.3 Å². The van der Waals surface area contributed by atoms with Crippen LogP contribution in [-0.4, -0.2) is 34.1 Å². The van der Waals surface area contributed by atoms with Crippen molar-refractivity contribution >= 4 is 40.8 Å². The molecule has 2 aliphatic rings. The summed E-state index contributed by atoms with van der Waals surface area (Å²) in [7, 11) is 0. The topological polar surface area (TPSA) is 57.5 Å². The Labute approximate surface area is 200 Å². The van der Waals surface area contributed by atoms with Gasteiger partial charge in [-0.2, -0.15) is 0 Å². The van der Waals surface area contributed by atoms with Crippen LogP contribution < -0.4 is 0 Å². The van der Waals surface area contributed by atoms with Crippen LogP contribution >= 0.6 is 34.5 Å². The summed E-state index contributed by atoms with van der Waals surface area (Å²) in [6, 6.07) is 4.00. The molecule has 2 fully saturated rings. The van der Waals surface area contributed by atoms with Gasteiger partial charge < -0.3 is 15.0 Å². The molecule has 1 heterocycles. The quantitative estimate of drug-likeness (QED) is 0.157. The molecule has 31 heavy (non-hydrogen) atoms. The highest BCUT2D eigenvalue weighted by atomic mass is 35.5. The maximum absolute atomic E-state index is 11.0. The average Bonchev–Trinajstić information content (AvgIpc) is 3.23. The molecule has 2 N–H and O–H groups in total. The second-order valence-electron chi connectivity index (χ2n) is 9.14. The number of thiophene rings is 1. The van der Waals surface area contributed by atoms with Crippen LogP contribution in [0.4, 0.5) is 0 Å². The third-order valence-electron chi connectivity index (χ3n) is 7.07. The van der Waals surface area contributed by atoms with Gasteiger partial charge in [0.2, 0.25) is 0 Å². The highest BCUT2D eigenvalue weighted by molar-refractivity contribution is 7.16. The fourth-order valence-corrected chi connectivity index (χ4v) is 6.72. The zero-order valence-corrected chi connectivity index (χ0v) is 20.3. The maximum atomic E-state index is 11.0. The lowest BCUT2D eigenvalue weighted by Crippen LogP contribution is -2.42. The van der Waals surface area contributed by atoms with Crippen molar-refractivity contribution in [2.24, 2.45) is 17.3 Å². The smallest absolute Gasteiger partial charge is 0.120 e. The van der Waals surface area contributed by atoms with Crippen molar-refractivity contribution < 1.29 is 15.0 Å². The Balaban J connectivity index is 1.54. The molecule has 172 valence electrons. The van der Waals surface area contributed by atoms with Crippen LogP contribution in [0.2, 0.25) is 4.34 Å². The Morgan fingerprint density at radius 2 is 2.03 bits per heavy atom. The molecule has 0 aromatic carbocycles. The van der Waals surface area contributed by atoms with Crippen LogP contribution in [0.1, 0.15) is 62.7 Å². The van der Waals surface area contributed by atoms with E-state index in [0.717, 1.165) is 55.6 Å². The van der Waals surface area contributed by atoms with Crippen LogP contribution in [0.3, 0.4) is 0 Å². The van der Waals surface area contributed by atoms with E-state index in [1.54, 1.807) is 11.3 Å².